The van der Waals surface area contributed by atoms with Crippen LogP contribution < -0.4 is 0 Å². The van der Waals surface area contributed by atoms with E-state index in [-0.39, 0.29) is 5.54 Å². The Kier molecular flexibility index (Phi) is 4.72. The van der Waals surface area contributed by atoms with Crippen molar-refractivity contribution >= 4 is 0 Å². The van der Waals surface area contributed by atoms with Crippen molar-refractivity contribution in [3.8, 4) is 0 Å². The van der Waals surface area contributed by atoms with Gasteiger partial charge in [-0.15, -0.1) is 0 Å². The number of aliphatic hydroxyl groups is 1. The molecular weight excluding hydrogens is 210 g/mol. The molecule has 0 heterocycles. The molecule has 17 heavy (non-hydrogen) atoms. The predicted octanol–water partition coefficient (Wildman–Crippen LogP) is 3.15. The summed E-state index contributed by atoms with van der Waals surface area (Å²) in [6.07, 6.45) is 0.663. The van der Waals surface area contributed by atoms with Gasteiger partial charge in [-0.3, -0.25) is 4.90 Å². The molecule has 0 spiro atoms. The fourth-order valence-electron chi connectivity index (χ4n) is 1.84. The molecule has 1 N–H and O–H groups in total. The minimum Gasteiger partial charge on any atom is -0.387 e. The molecule has 1 aromatic rings. The first-order valence-electron chi connectivity index (χ1n) is 6.33. The predicted molar refractivity (Wildman–Crippen MR) is 73.1 cm³/mol. The molecule has 2 heteroatoms. The van der Waals surface area contributed by atoms with Crippen LogP contribution in [-0.4, -0.2) is 29.1 Å². The lowest BCUT2D eigenvalue weighted by atomic mass is 9.97. The SMILES string of the molecule is CCC(C)(C)N(C)CC(O)c1ccccc1C. The minimum absolute atomic E-state index is 0.129. The van der Waals surface area contributed by atoms with Gasteiger partial charge in [0.15, 0.2) is 0 Å². The molecule has 0 bridgehead atoms. The van der Waals surface area contributed by atoms with Gasteiger partial charge in [-0.25, -0.2) is 0 Å². The van der Waals surface area contributed by atoms with Crippen molar-refractivity contribution in [3.63, 3.8) is 0 Å². The zero-order valence-corrected chi connectivity index (χ0v) is 11.7. The normalized spacial score (nSPS) is 14.1. The summed E-state index contributed by atoms with van der Waals surface area (Å²) >= 11 is 0. The Morgan fingerprint density at radius 3 is 2.41 bits per heavy atom. The first kappa shape index (κ1) is 14.2. The van der Waals surface area contributed by atoms with E-state index in [4.69, 9.17) is 0 Å². The van der Waals surface area contributed by atoms with Crippen LogP contribution in [0.3, 0.4) is 0 Å². The number of likely N-dealkylation sites (N-methyl/N-ethyl adjacent to an activating group) is 1. The number of aliphatic hydroxyl groups excluding tert-OH is 1. The highest BCUT2D eigenvalue weighted by Crippen LogP contribution is 2.23. The molecule has 2 nitrogen and oxygen atoms in total. The van der Waals surface area contributed by atoms with Crippen LogP contribution in [0.2, 0.25) is 0 Å². The van der Waals surface area contributed by atoms with Gasteiger partial charge in [0.1, 0.15) is 0 Å². The Bertz CT molecular complexity index is 360. The lowest BCUT2D eigenvalue weighted by molar-refractivity contribution is 0.0683. The minimum atomic E-state index is -0.410. The number of hydrogen-bond donors (Lipinski definition) is 1. The van der Waals surface area contributed by atoms with E-state index in [1.165, 1.54) is 0 Å². The molecule has 1 aromatic carbocycles. The fraction of sp³-hybridized carbons (Fsp3) is 0.600. The average Bonchev–Trinajstić information content (AvgIpc) is 2.29. The van der Waals surface area contributed by atoms with Crippen molar-refractivity contribution in [2.45, 2.75) is 45.8 Å². The summed E-state index contributed by atoms with van der Waals surface area (Å²) in [5.74, 6) is 0. The molecular formula is C15H25NO. The topological polar surface area (TPSA) is 23.5 Å². The number of rotatable bonds is 5. The van der Waals surface area contributed by atoms with Gasteiger partial charge in [-0.2, -0.15) is 0 Å². The van der Waals surface area contributed by atoms with Crippen molar-refractivity contribution in [1.82, 2.24) is 4.90 Å². The van der Waals surface area contributed by atoms with Gasteiger partial charge in [0.2, 0.25) is 0 Å². The molecule has 0 fully saturated rings. The van der Waals surface area contributed by atoms with Crippen molar-refractivity contribution < 1.29 is 5.11 Å². The zero-order valence-electron chi connectivity index (χ0n) is 11.7. The molecule has 0 aliphatic rings. The Hall–Kier alpha value is -0.860. The Balaban J connectivity index is 2.73. The lowest BCUT2D eigenvalue weighted by Crippen LogP contribution is -2.42. The third kappa shape index (κ3) is 3.55. The van der Waals surface area contributed by atoms with Gasteiger partial charge in [-0.05, 0) is 45.4 Å². The first-order valence-corrected chi connectivity index (χ1v) is 6.33. The average molecular weight is 235 g/mol. The number of hydrogen-bond acceptors (Lipinski definition) is 2. The fourth-order valence-corrected chi connectivity index (χ4v) is 1.84. The van der Waals surface area contributed by atoms with Crippen LogP contribution in [0.25, 0.3) is 0 Å². The Labute approximate surface area is 105 Å². The summed E-state index contributed by atoms with van der Waals surface area (Å²) in [5.41, 5.74) is 2.32. The van der Waals surface area contributed by atoms with Crippen LogP contribution in [0.5, 0.6) is 0 Å². The molecule has 0 saturated carbocycles. The number of benzene rings is 1. The largest absolute Gasteiger partial charge is 0.387 e. The second kappa shape index (κ2) is 5.65. The summed E-state index contributed by atoms with van der Waals surface area (Å²) in [7, 11) is 2.07. The quantitative estimate of drug-likeness (QED) is 0.847. The first-order chi connectivity index (χ1) is 7.88. The van der Waals surface area contributed by atoms with Crippen LogP contribution in [0.1, 0.15) is 44.4 Å². The Morgan fingerprint density at radius 2 is 1.88 bits per heavy atom. The van der Waals surface area contributed by atoms with Crippen LogP contribution in [-0.2, 0) is 0 Å². The molecule has 1 atom stereocenters. The van der Waals surface area contributed by atoms with E-state index in [1.807, 2.05) is 31.2 Å². The van der Waals surface area contributed by atoms with Crippen LogP contribution in [0.15, 0.2) is 24.3 Å². The summed E-state index contributed by atoms with van der Waals surface area (Å²) in [4.78, 5) is 2.23. The van der Waals surface area contributed by atoms with Crippen molar-refractivity contribution in [1.29, 1.82) is 0 Å². The highest BCUT2D eigenvalue weighted by molar-refractivity contribution is 5.27. The molecule has 0 aliphatic heterocycles. The van der Waals surface area contributed by atoms with Crippen molar-refractivity contribution in [2.24, 2.45) is 0 Å². The maximum absolute atomic E-state index is 10.3. The molecule has 0 saturated heterocycles. The third-order valence-electron chi connectivity index (χ3n) is 3.89. The van der Waals surface area contributed by atoms with Crippen LogP contribution >= 0.6 is 0 Å². The number of aryl methyl sites for hydroxylation is 1. The maximum Gasteiger partial charge on any atom is 0.0919 e. The zero-order chi connectivity index (χ0) is 13.1. The second-order valence-electron chi connectivity index (χ2n) is 5.42. The van der Waals surface area contributed by atoms with Gasteiger partial charge in [0.05, 0.1) is 6.10 Å². The highest BCUT2D eigenvalue weighted by Gasteiger charge is 2.23. The van der Waals surface area contributed by atoms with Gasteiger partial charge in [0.25, 0.3) is 0 Å². The molecule has 1 unspecified atom stereocenters. The standard InChI is InChI=1S/C15H25NO/c1-6-15(3,4)16(5)11-14(17)13-10-8-7-9-12(13)2/h7-10,14,17H,6,11H2,1-5H3. The number of nitrogens with zero attached hydrogens (tertiary/aromatic N) is 1. The smallest absolute Gasteiger partial charge is 0.0919 e. The van der Waals surface area contributed by atoms with Gasteiger partial charge < -0.3 is 5.11 Å². The molecule has 0 aromatic heterocycles. The summed E-state index contributed by atoms with van der Waals surface area (Å²) < 4.78 is 0. The van der Waals surface area contributed by atoms with Crippen LogP contribution in [0.4, 0.5) is 0 Å². The van der Waals surface area contributed by atoms with E-state index < -0.39 is 6.10 Å². The van der Waals surface area contributed by atoms with Gasteiger partial charge in [0, 0.05) is 12.1 Å². The van der Waals surface area contributed by atoms with Crippen molar-refractivity contribution in [2.75, 3.05) is 13.6 Å². The monoisotopic (exact) mass is 235 g/mol. The highest BCUT2D eigenvalue weighted by atomic mass is 16.3. The summed E-state index contributed by atoms with van der Waals surface area (Å²) in [6, 6.07) is 8.04. The molecule has 1 rings (SSSR count). The van der Waals surface area contributed by atoms with E-state index in [1.54, 1.807) is 0 Å². The lowest BCUT2D eigenvalue weighted by Gasteiger charge is -2.36. The summed E-state index contributed by atoms with van der Waals surface area (Å²) in [6.45, 7) is 9.31. The molecule has 96 valence electrons. The van der Waals surface area contributed by atoms with Gasteiger partial charge >= 0.3 is 0 Å². The summed E-state index contributed by atoms with van der Waals surface area (Å²) in [5, 5.41) is 10.3. The molecule has 0 radical (unpaired) electrons. The van der Waals surface area contributed by atoms with Gasteiger partial charge in [-0.1, -0.05) is 31.2 Å². The second-order valence-corrected chi connectivity index (χ2v) is 5.42. The third-order valence-corrected chi connectivity index (χ3v) is 3.89. The molecule has 0 aliphatic carbocycles. The van der Waals surface area contributed by atoms with E-state index in [0.29, 0.717) is 6.54 Å². The van der Waals surface area contributed by atoms with Crippen molar-refractivity contribution in [3.05, 3.63) is 35.4 Å². The Morgan fingerprint density at radius 1 is 1.29 bits per heavy atom. The maximum atomic E-state index is 10.3. The van der Waals surface area contributed by atoms with E-state index in [0.717, 1.165) is 17.5 Å². The van der Waals surface area contributed by atoms with E-state index in [9.17, 15) is 5.11 Å². The molecule has 0 amide bonds. The number of β-amino-alcohol motifs (C(OH)–C–C–N with tert-alkyl or cyclic N) is 1. The van der Waals surface area contributed by atoms with E-state index >= 15 is 0 Å². The van der Waals surface area contributed by atoms with Crippen LogP contribution in [0, 0.1) is 6.92 Å². The van der Waals surface area contributed by atoms with E-state index in [2.05, 4.69) is 32.7 Å².